The number of hydrogen-bond donors (Lipinski definition) is 3. The Morgan fingerprint density at radius 1 is 1.42 bits per heavy atom. The number of nitrogens with two attached hydrogens (primary N) is 1. The molecule has 4 N–H and O–H groups in total. The second-order valence-electron chi connectivity index (χ2n) is 7.76. The highest BCUT2D eigenvalue weighted by molar-refractivity contribution is 8.00. The zero-order chi connectivity index (χ0) is 22.2. The molecular formula is C24H32N4O2S. The van der Waals surface area contributed by atoms with Crippen molar-refractivity contribution in [2.45, 2.75) is 57.2 Å². The summed E-state index contributed by atoms with van der Waals surface area (Å²) < 4.78 is 5.58. The number of hydrogen-bond acceptors (Lipinski definition) is 6. The van der Waals surface area contributed by atoms with E-state index in [-0.39, 0.29) is 11.3 Å². The average molecular weight is 441 g/mol. The second-order valence-corrected chi connectivity index (χ2v) is 8.85. The van der Waals surface area contributed by atoms with Gasteiger partial charge in [0.15, 0.2) is 0 Å². The van der Waals surface area contributed by atoms with Gasteiger partial charge in [-0.05, 0) is 50.7 Å². The molecule has 3 rings (SSSR count). The molecule has 1 aromatic heterocycles. The van der Waals surface area contributed by atoms with Crippen molar-refractivity contribution in [3.63, 3.8) is 0 Å². The molecule has 2 saturated carbocycles. The monoisotopic (exact) mass is 440 g/mol. The van der Waals surface area contributed by atoms with Gasteiger partial charge in [0.1, 0.15) is 11.1 Å². The van der Waals surface area contributed by atoms with Crippen LogP contribution in [0.15, 0.2) is 30.0 Å². The van der Waals surface area contributed by atoms with Crippen molar-refractivity contribution in [1.82, 2.24) is 15.7 Å². The summed E-state index contributed by atoms with van der Waals surface area (Å²) in [7, 11) is 1.64. The van der Waals surface area contributed by atoms with Gasteiger partial charge in [0.05, 0.1) is 19.2 Å². The summed E-state index contributed by atoms with van der Waals surface area (Å²) in [5.41, 5.74) is 6.30. The van der Waals surface area contributed by atoms with Crippen LogP contribution in [0.4, 0.5) is 0 Å². The van der Waals surface area contributed by atoms with E-state index in [9.17, 15) is 4.79 Å². The molecule has 0 aromatic carbocycles. The largest absolute Gasteiger partial charge is 0.495 e. The Morgan fingerprint density at radius 2 is 2.19 bits per heavy atom. The first-order valence-electron chi connectivity index (χ1n) is 10.9. The molecule has 0 bridgehead atoms. The average Bonchev–Trinajstić information content (AvgIpc) is 3.69. The number of pyridine rings is 1. The van der Waals surface area contributed by atoms with E-state index < -0.39 is 0 Å². The Balaban J connectivity index is 1.78. The number of ether oxygens (including phenoxy) is 1. The Bertz CT molecular complexity index is 908. The normalized spacial score (nSPS) is 17.5. The minimum Gasteiger partial charge on any atom is -0.495 e. The van der Waals surface area contributed by atoms with E-state index in [1.807, 2.05) is 19.1 Å². The van der Waals surface area contributed by atoms with Crippen LogP contribution in [0.5, 0.6) is 5.75 Å². The van der Waals surface area contributed by atoms with Gasteiger partial charge in [-0.2, -0.15) is 0 Å². The topological polar surface area (TPSA) is 89.3 Å². The van der Waals surface area contributed by atoms with Crippen LogP contribution in [0.3, 0.4) is 0 Å². The molecule has 1 unspecified atom stereocenters. The highest BCUT2D eigenvalue weighted by Gasteiger charge is 2.27. The first kappa shape index (κ1) is 23.4. The second kappa shape index (κ2) is 11.4. The smallest absolute Gasteiger partial charge is 0.252 e. The molecule has 6 nitrogen and oxygen atoms in total. The van der Waals surface area contributed by atoms with Gasteiger partial charge in [-0.1, -0.05) is 30.9 Å². The number of nitrogens with one attached hydrogen (secondary N) is 2. The Hall–Kier alpha value is -2.27. The van der Waals surface area contributed by atoms with E-state index in [0.29, 0.717) is 35.5 Å². The number of aromatic nitrogens is 1. The number of rotatable bonds is 10. The number of methoxy groups -OCH3 is 1. The summed E-state index contributed by atoms with van der Waals surface area (Å²) in [6.45, 7) is 3.97. The number of amides is 1. The number of carbonyl (C=O) groups excluding carboxylic acids is 1. The molecule has 7 heteroatoms. The fraction of sp³-hybridized carbons (Fsp3) is 0.500. The zero-order valence-electron chi connectivity index (χ0n) is 18.5. The Labute approximate surface area is 189 Å². The van der Waals surface area contributed by atoms with Gasteiger partial charge < -0.3 is 10.1 Å². The number of nitrogens with zero attached hydrogens (tertiary/aromatic N) is 1. The van der Waals surface area contributed by atoms with Crippen LogP contribution in [-0.4, -0.2) is 29.3 Å². The third-order valence-corrected chi connectivity index (χ3v) is 6.21. The van der Waals surface area contributed by atoms with Gasteiger partial charge in [-0.25, -0.2) is 5.43 Å². The van der Waals surface area contributed by atoms with Crippen molar-refractivity contribution in [1.29, 1.82) is 0 Å². The lowest BCUT2D eigenvalue weighted by Gasteiger charge is -2.16. The Morgan fingerprint density at radius 3 is 2.77 bits per heavy atom. The van der Waals surface area contributed by atoms with Crippen LogP contribution in [0, 0.1) is 17.8 Å². The molecule has 31 heavy (non-hydrogen) atoms. The van der Waals surface area contributed by atoms with Gasteiger partial charge in [0.2, 0.25) is 0 Å². The highest BCUT2D eigenvalue weighted by Crippen LogP contribution is 2.41. The minimum absolute atomic E-state index is 0.125. The van der Waals surface area contributed by atoms with Crippen molar-refractivity contribution in [3.05, 3.63) is 41.2 Å². The van der Waals surface area contributed by atoms with E-state index in [1.54, 1.807) is 13.3 Å². The summed E-state index contributed by atoms with van der Waals surface area (Å²) in [5, 5.41) is 2.80. The van der Waals surface area contributed by atoms with Crippen LogP contribution in [0.2, 0.25) is 0 Å². The predicted octanol–water partition coefficient (Wildman–Crippen LogP) is 3.72. The fourth-order valence-electron chi connectivity index (χ4n) is 3.30. The standard InChI is InChI=1S/C24H32N4O2S/c1-4-6-19(24(29)27-15-31-23(28-25)12-9-16-7-8-16)18(5-2)20-13-21(17-10-11-17)26-14-22(20)30-3/h4,6,13-14,16-17,23,28H,5,7-8,10-11,15,25H2,1-3H3,(H,27,29)/b6-4-,19-18-. The molecule has 1 atom stereocenters. The molecular weight excluding hydrogens is 408 g/mol. The lowest BCUT2D eigenvalue weighted by Crippen LogP contribution is -2.34. The van der Waals surface area contributed by atoms with Crippen LogP contribution < -0.4 is 21.3 Å². The quantitative estimate of drug-likeness (QED) is 0.128. The summed E-state index contributed by atoms with van der Waals surface area (Å²) >= 11 is 1.47. The highest BCUT2D eigenvalue weighted by atomic mass is 32.2. The lowest BCUT2D eigenvalue weighted by atomic mass is 9.95. The van der Waals surface area contributed by atoms with E-state index in [0.717, 1.165) is 16.8 Å². The van der Waals surface area contributed by atoms with E-state index >= 15 is 0 Å². The van der Waals surface area contributed by atoms with E-state index in [1.165, 1.54) is 37.4 Å². The minimum atomic E-state index is -0.206. The van der Waals surface area contributed by atoms with E-state index in [4.69, 9.17) is 10.6 Å². The summed E-state index contributed by atoms with van der Waals surface area (Å²) in [6.07, 6.45) is 10.9. The van der Waals surface area contributed by atoms with Gasteiger partial charge in [-0.15, -0.1) is 11.8 Å². The van der Waals surface area contributed by atoms with Crippen LogP contribution in [0.1, 0.15) is 63.1 Å². The number of thioether (sulfide) groups is 1. The van der Waals surface area contributed by atoms with Crippen LogP contribution in [-0.2, 0) is 4.79 Å². The first-order valence-corrected chi connectivity index (χ1v) is 11.9. The Kier molecular flexibility index (Phi) is 8.59. The SMILES string of the molecule is C/C=C\C(C(=O)NCSC(C#CC1CC1)NN)=C(/CC)c1cc(C2CC2)ncc1OC. The van der Waals surface area contributed by atoms with Crippen molar-refractivity contribution >= 4 is 23.2 Å². The molecule has 2 aliphatic carbocycles. The molecule has 0 saturated heterocycles. The molecule has 0 aliphatic heterocycles. The maximum Gasteiger partial charge on any atom is 0.252 e. The third-order valence-electron chi connectivity index (χ3n) is 5.32. The summed E-state index contributed by atoms with van der Waals surface area (Å²) in [5.74, 6) is 13.9. The molecule has 2 aliphatic rings. The van der Waals surface area contributed by atoms with E-state index in [2.05, 4.69) is 40.6 Å². The van der Waals surface area contributed by atoms with Crippen LogP contribution in [0.25, 0.3) is 5.57 Å². The van der Waals surface area contributed by atoms with Crippen molar-refractivity contribution in [2.75, 3.05) is 13.0 Å². The van der Waals surface area contributed by atoms with Gasteiger partial charge in [0.25, 0.3) is 5.91 Å². The zero-order valence-corrected chi connectivity index (χ0v) is 19.3. The maximum absolute atomic E-state index is 13.1. The van der Waals surface area contributed by atoms with Crippen molar-refractivity contribution < 1.29 is 9.53 Å². The molecule has 1 heterocycles. The molecule has 0 spiro atoms. The van der Waals surface area contributed by atoms with Gasteiger partial charge >= 0.3 is 0 Å². The van der Waals surface area contributed by atoms with Gasteiger partial charge in [-0.3, -0.25) is 15.6 Å². The molecule has 1 aromatic rings. The number of allylic oxidation sites excluding steroid dienone is 2. The molecule has 0 radical (unpaired) electrons. The van der Waals surface area contributed by atoms with Crippen LogP contribution >= 0.6 is 11.8 Å². The third kappa shape index (κ3) is 6.60. The van der Waals surface area contributed by atoms with Gasteiger partial charge in [0, 0.05) is 28.7 Å². The number of carbonyl (C=O) groups is 1. The summed E-state index contributed by atoms with van der Waals surface area (Å²) in [4.78, 5) is 17.7. The fourth-order valence-corrected chi connectivity index (χ4v) is 3.93. The number of hydrazine groups is 1. The summed E-state index contributed by atoms with van der Waals surface area (Å²) in [6, 6.07) is 2.09. The first-order chi connectivity index (χ1) is 15.1. The molecule has 166 valence electrons. The van der Waals surface area contributed by atoms with Crippen molar-refractivity contribution in [2.24, 2.45) is 11.8 Å². The maximum atomic E-state index is 13.1. The predicted molar refractivity (Wildman–Crippen MR) is 127 cm³/mol. The van der Waals surface area contributed by atoms with Crippen molar-refractivity contribution in [3.8, 4) is 17.6 Å². The molecule has 1 amide bonds. The molecule has 2 fully saturated rings. The lowest BCUT2D eigenvalue weighted by molar-refractivity contribution is -0.116.